The quantitative estimate of drug-likeness (QED) is 0.424. The van der Waals surface area contributed by atoms with Crippen molar-refractivity contribution in [2.75, 3.05) is 30.3 Å². The number of fused-ring (bicyclic) bond motifs is 1. The fraction of sp³-hybridized carbons (Fsp3) is 0.280. The van der Waals surface area contributed by atoms with Gasteiger partial charge in [0.2, 0.25) is 5.91 Å². The maximum atomic E-state index is 12.4. The first-order valence-electron chi connectivity index (χ1n) is 10.9. The molecule has 0 aliphatic carbocycles. The minimum atomic E-state index is -0.244. The van der Waals surface area contributed by atoms with Crippen molar-refractivity contribution in [1.82, 2.24) is 14.9 Å². The highest BCUT2D eigenvalue weighted by molar-refractivity contribution is 6.01. The average Bonchev–Trinajstić information content (AvgIpc) is 2.79. The third kappa shape index (κ3) is 5.93. The Hall–Kier alpha value is -3.78. The number of aromatic nitrogens is 2. The van der Waals surface area contributed by atoms with E-state index in [1.54, 1.807) is 6.08 Å². The lowest BCUT2D eigenvalue weighted by Crippen LogP contribution is -2.44. The molecule has 1 saturated heterocycles. The Morgan fingerprint density at radius 1 is 1.24 bits per heavy atom. The van der Waals surface area contributed by atoms with Gasteiger partial charge >= 0.3 is 5.97 Å². The number of morpholine rings is 1. The van der Waals surface area contributed by atoms with Crippen LogP contribution in [0.4, 0.5) is 11.5 Å². The van der Waals surface area contributed by atoms with Gasteiger partial charge < -0.3 is 15.4 Å². The molecular weight excluding hydrogens is 418 g/mol. The highest BCUT2D eigenvalue weighted by Gasteiger charge is 2.22. The lowest BCUT2D eigenvalue weighted by molar-refractivity contribution is -0.156. The normalized spacial score (nSPS) is 17.6. The van der Waals surface area contributed by atoms with Crippen LogP contribution in [0, 0.1) is 0 Å². The number of cyclic esters (lactones) is 1. The number of benzene rings is 2. The molecule has 3 aromatic rings. The van der Waals surface area contributed by atoms with E-state index in [2.05, 4.69) is 39.7 Å². The second-order valence-electron chi connectivity index (χ2n) is 8.12. The maximum Gasteiger partial charge on any atom is 0.320 e. The number of hydrogen-bond donors (Lipinski definition) is 2. The summed E-state index contributed by atoms with van der Waals surface area (Å²) >= 11 is 0. The number of nitrogens with one attached hydrogen (secondary N) is 2. The molecule has 1 fully saturated rings. The summed E-state index contributed by atoms with van der Waals surface area (Å²) in [5.41, 5.74) is 2.58. The number of carbonyl (C=O) groups excluding carboxylic acids is 2. The Bertz CT molecular complexity index is 1170. The van der Waals surface area contributed by atoms with Gasteiger partial charge in [0.15, 0.2) is 0 Å². The van der Waals surface area contributed by atoms with Crippen LogP contribution in [0.25, 0.3) is 10.9 Å². The van der Waals surface area contributed by atoms with Crippen molar-refractivity contribution in [2.45, 2.75) is 26.0 Å². The van der Waals surface area contributed by atoms with E-state index >= 15 is 0 Å². The second kappa shape index (κ2) is 10.2. The predicted molar refractivity (Wildman–Crippen MR) is 128 cm³/mol. The molecule has 2 atom stereocenters. The van der Waals surface area contributed by atoms with Crippen molar-refractivity contribution in [3.63, 3.8) is 0 Å². The first kappa shape index (κ1) is 22.4. The van der Waals surface area contributed by atoms with Crippen molar-refractivity contribution < 1.29 is 14.3 Å². The zero-order valence-electron chi connectivity index (χ0n) is 18.7. The van der Waals surface area contributed by atoms with Gasteiger partial charge in [0.25, 0.3) is 0 Å². The summed E-state index contributed by atoms with van der Waals surface area (Å²) in [5, 5.41) is 7.14. The zero-order valence-corrected chi connectivity index (χ0v) is 18.7. The van der Waals surface area contributed by atoms with Gasteiger partial charge in [-0.2, -0.15) is 0 Å². The predicted octanol–water partition coefficient (Wildman–Crippen LogP) is 3.54. The van der Waals surface area contributed by atoms with E-state index in [9.17, 15) is 9.59 Å². The maximum absolute atomic E-state index is 12.4. The fourth-order valence-electron chi connectivity index (χ4n) is 3.82. The van der Waals surface area contributed by atoms with Crippen LogP contribution in [0.2, 0.25) is 0 Å². The topological polar surface area (TPSA) is 96.5 Å². The number of rotatable bonds is 7. The molecule has 0 unspecified atom stereocenters. The van der Waals surface area contributed by atoms with Crippen molar-refractivity contribution in [3.8, 4) is 0 Å². The minimum absolute atomic E-state index is 0.0558. The first-order valence-corrected chi connectivity index (χ1v) is 10.9. The lowest BCUT2D eigenvalue weighted by atomic mass is 10.1. The number of nitrogens with zero attached hydrogens (tertiary/aromatic N) is 3. The summed E-state index contributed by atoms with van der Waals surface area (Å²) in [5.74, 6) is 0.219. The summed E-state index contributed by atoms with van der Waals surface area (Å²) in [6.45, 7) is 5.32. The Labute approximate surface area is 192 Å². The Kier molecular flexibility index (Phi) is 6.95. The molecule has 0 saturated carbocycles. The van der Waals surface area contributed by atoms with E-state index < -0.39 is 0 Å². The molecule has 1 aliphatic rings. The number of anilines is 2. The van der Waals surface area contributed by atoms with Gasteiger partial charge in [0, 0.05) is 36.3 Å². The van der Waals surface area contributed by atoms with Crippen LogP contribution in [0.1, 0.15) is 25.5 Å². The van der Waals surface area contributed by atoms with Crippen molar-refractivity contribution in [1.29, 1.82) is 0 Å². The van der Waals surface area contributed by atoms with E-state index in [0.29, 0.717) is 24.6 Å². The van der Waals surface area contributed by atoms with Crippen LogP contribution in [0.15, 0.2) is 67.0 Å². The third-order valence-electron chi connectivity index (χ3n) is 5.39. The molecule has 2 N–H and O–H groups in total. The van der Waals surface area contributed by atoms with E-state index in [4.69, 9.17) is 4.74 Å². The summed E-state index contributed by atoms with van der Waals surface area (Å²) < 4.78 is 5.12. The summed E-state index contributed by atoms with van der Waals surface area (Å²) in [7, 11) is 0. The van der Waals surface area contributed by atoms with Gasteiger partial charge in [-0.15, -0.1) is 0 Å². The fourth-order valence-corrected chi connectivity index (χ4v) is 3.82. The summed E-state index contributed by atoms with van der Waals surface area (Å²) in [6.07, 6.45) is 4.62. The molecular formula is C25H27N5O3. The standard InChI is InChI=1S/C25H27N5O3/c1-17-14-30(15-24(32)33-17)12-6-9-23(31)29-20-10-11-22-21(13-20)25(27-16-26-22)28-18(2)19-7-4-3-5-8-19/h3-11,13,16-18H,12,14-15H2,1-2H3,(H,29,31)(H,26,27,28)/b9-6-/t17-,18+/m0/s1. The van der Waals surface area contributed by atoms with E-state index in [1.165, 1.54) is 12.4 Å². The minimum Gasteiger partial charge on any atom is -0.460 e. The van der Waals surface area contributed by atoms with Crippen LogP contribution in [0.3, 0.4) is 0 Å². The van der Waals surface area contributed by atoms with Gasteiger partial charge in [-0.25, -0.2) is 9.97 Å². The van der Waals surface area contributed by atoms with E-state index in [-0.39, 0.29) is 30.6 Å². The molecule has 2 aromatic carbocycles. The van der Waals surface area contributed by atoms with E-state index in [0.717, 1.165) is 16.5 Å². The van der Waals surface area contributed by atoms with Crippen LogP contribution >= 0.6 is 0 Å². The van der Waals surface area contributed by atoms with Crippen LogP contribution in [-0.2, 0) is 14.3 Å². The lowest BCUT2D eigenvalue weighted by Gasteiger charge is -2.29. The Morgan fingerprint density at radius 2 is 2.06 bits per heavy atom. The van der Waals surface area contributed by atoms with Gasteiger partial charge in [0.05, 0.1) is 12.1 Å². The SMILES string of the molecule is C[C@H]1CN(C/C=C\C(=O)Nc2ccc3ncnc(N[C@H](C)c4ccccc4)c3c2)CC(=O)O1. The number of amides is 1. The van der Waals surface area contributed by atoms with Gasteiger partial charge in [-0.3, -0.25) is 14.5 Å². The highest BCUT2D eigenvalue weighted by Crippen LogP contribution is 2.26. The van der Waals surface area contributed by atoms with Crippen molar-refractivity contribution >= 4 is 34.3 Å². The molecule has 2 heterocycles. The smallest absolute Gasteiger partial charge is 0.320 e. The first-order chi connectivity index (χ1) is 16.0. The molecule has 0 spiro atoms. The molecule has 0 bridgehead atoms. The van der Waals surface area contributed by atoms with Crippen molar-refractivity contribution in [3.05, 3.63) is 72.6 Å². The number of esters is 1. The van der Waals surface area contributed by atoms with E-state index in [1.807, 2.05) is 48.2 Å². The highest BCUT2D eigenvalue weighted by atomic mass is 16.5. The number of hydrogen-bond acceptors (Lipinski definition) is 7. The molecule has 0 radical (unpaired) electrons. The molecule has 1 aliphatic heterocycles. The van der Waals surface area contributed by atoms with Gasteiger partial charge in [-0.1, -0.05) is 36.4 Å². The molecule has 8 heteroatoms. The zero-order chi connectivity index (χ0) is 23.2. The second-order valence-corrected chi connectivity index (χ2v) is 8.12. The average molecular weight is 446 g/mol. The third-order valence-corrected chi connectivity index (χ3v) is 5.39. The summed E-state index contributed by atoms with van der Waals surface area (Å²) in [6, 6.07) is 15.7. The molecule has 170 valence electrons. The number of ether oxygens (including phenoxy) is 1. The monoisotopic (exact) mass is 445 g/mol. The Morgan fingerprint density at radius 3 is 2.85 bits per heavy atom. The van der Waals surface area contributed by atoms with Crippen LogP contribution in [0.5, 0.6) is 0 Å². The summed E-state index contributed by atoms with van der Waals surface area (Å²) in [4.78, 5) is 34.6. The van der Waals surface area contributed by atoms with Crippen LogP contribution < -0.4 is 10.6 Å². The van der Waals surface area contributed by atoms with Gasteiger partial charge in [0.1, 0.15) is 18.2 Å². The molecule has 1 amide bonds. The molecule has 33 heavy (non-hydrogen) atoms. The molecule has 8 nitrogen and oxygen atoms in total. The van der Waals surface area contributed by atoms with Crippen molar-refractivity contribution in [2.24, 2.45) is 0 Å². The van der Waals surface area contributed by atoms with Gasteiger partial charge in [-0.05, 0) is 37.6 Å². The van der Waals surface area contributed by atoms with Crippen LogP contribution in [-0.4, -0.2) is 52.5 Å². The molecule has 1 aromatic heterocycles. The Balaban J connectivity index is 1.42. The largest absolute Gasteiger partial charge is 0.460 e. The molecule has 4 rings (SSSR count). The number of carbonyl (C=O) groups is 2.